The van der Waals surface area contributed by atoms with Crippen LogP contribution in [0.25, 0.3) is 0 Å². The molecule has 3 heterocycles. The lowest BCUT2D eigenvalue weighted by Crippen LogP contribution is -1.63. The van der Waals surface area contributed by atoms with E-state index in [1.54, 1.807) is 34.0 Å². The fraction of sp³-hybridized carbons (Fsp3) is 0.429. The van der Waals surface area contributed by atoms with E-state index in [1.807, 2.05) is 0 Å². The van der Waals surface area contributed by atoms with Crippen LogP contribution in [0.1, 0.15) is 54.3 Å². The van der Waals surface area contributed by atoms with Gasteiger partial charge in [-0.1, -0.05) is 22.3 Å². The normalized spacial score (nSPS) is 8.25. The van der Waals surface area contributed by atoms with E-state index in [0.717, 1.165) is 0 Å². The second kappa shape index (κ2) is 14.4. The zero-order chi connectivity index (χ0) is 15.8. The molecule has 0 aliphatic heterocycles. The SMILES string of the molecule is C.C.C.Cc1ccsc1C.Cc1ccsc1C.Cc1cscc1C. The van der Waals surface area contributed by atoms with Crippen molar-refractivity contribution >= 4 is 34.0 Å². The largest absolute Gasteiger partial charge is 0.152 e. The standard InChI is InChI=1S/3C6H8S.3CH4/c1-5-3-7-4-6(5)2;2*1-5-3-4-7-6(5)2;;;/h3*3-4H,1-2H3;3*1H4. The van der Waals surface area contributed by atoms with E-state index in [0.29, 0.717) is 0 Å². The molecule has 0 aromatic carbocycles. The summed E-state index contributed by atoms with van der Waals surface area (Å²) in [5.74, 6) is 0. The molecule has 24 heavy (non-hydrogen) atoms. The first-order valence-corrected chi connectivity index (χ1v) is 9.62. The first-order chi connectivity index (χ1) is 9.91. The fourth-order valence-electron chi connectivity index (χ4n) is 1.32. The molecular formula is C21H36S3. The van der Waals surface area contributed by atoms with Crippen LogP contribution >= 0.6 is 34.0 Å². The van der Waals surface area contributed by atoms with Crippen LogP contribution in [0, 0.1) is 41.5 Å². The summed E-state index contributed by atoms with van der Waals surface area (Å²) in [6.45, 7) is 12.8. The number of thiophene rings is 3. The fourth-order valence-corrected chi connectivity index (χ4v) is 3.63. The highest BCUT2D eigenvalue weighted by Gasteiger charge is 1.88. The Bertz CT molecular complexity index is 501. The van der Waals surface area contributed by atoms with E-state index in [2.05, 4.69) is 75.2 Å². The minimum atomic E-state index is 0. The smallest absolute Gasteiger partial charge is 0.00433 e. The van der Waals surface area contributed by atoms with Gasteiger partial charge in [0.1, 0.15) is 0 Å². The maximum Gasteiger partial charge on any atom is 0.00433 e. The first-order valence-electron chi connectivity index (χ1n) is 6.92. The lowest BCUT2D eigenvalue weighted by Gasteiger charge is -1.79. The molecule has 0 radical (unpaired) electrons. The van der Waals surface area contributed by atoms with Gasteiger partial charge < -0.3 is 0 Å². The van der Waals surface area contributed by atoms with Gasteiger partial charge in [0.25, 0.3) is 0 Å². The van der Waals surface area contributed by atoms with Crippen molar-refractivity contribution in [1.82, 2.24) is 0 Å². The Labute approximate surface area is 163 Å². The average Bonchev–Trinajstić information content (AvgIpc) is 3.11. The van der Waals surface area contributed by atoms with Crippen LogP contribution in [-0.4, -0.2) is 0 Å². The van der Waals surface area contributed by atoms with Crippen LogP contribution in [0.5, 0.6) is 0 Å². The summed E-state index contributed by atoms with van der Waals surface area (Å²) in [7, 11) is 0. The quantitative estimate of drug-likeness (QED) is 0.362. The average molecular weight is 385 g/mol. The molecule has 0 aliphatic rings. The van der Waals surface area contributed by atoms with Crippen molar-refractivity contribution in [3.8, 4) is 0 Å². The van der Waals surface area contributed by atoms with Gasteiger partial charge in [0.2, 0.25) is 0 Å². The molecule has 0 N–H and O–H groups in total. The van der Waals surface area contributed by atoms with Gasteiger partial charge in [0.15, 0.2) is 0 Å². The molecular weight excluding hydrogens is 348 g/mol. The number of aryl methyl sites for hydroxylation is 6. The first kappa shape index (κ1) is 27.9. The van der Waals surface area contributed by atoms with Crippen LogP contribution < -0.4 is 0 Å². The van der Waals surface area contributed by atoms with Gasteiger partial charge in [0, 0.05) is 9.75 Å². The Morgan fingerprint density at radius 2 is 0.875 bits per heavy atom. The highest BCUT2D eigenvalue weighted by atomic mass is 32.1. The molecule has 0 nitrogen and oxygen atoms in total. The molecule has 0 spiro atoms. The van der Waals surface area contributed by atoms with E-state index < -0.39 is 0 Å². The molecule has 0 amide bonds. The van der Waals surface area contributed by atoms with Gasteiger partial charge in [-0.25, -0.2) is 0 Å². The molecule has 0 saturated carbocycles. The molecule has 0 aliphatic carbocycles. The van der Waals surface area contributed by atoms with Crippen molar-refractivity contribution in [3.63, 3.8) is 0 Å². The van der Waals surface area contributed by atoms with E-state index in [1.165, 1.54) is 32.0 Å². The van der Waals surface area contributed by atoms with E-state index in [9.17, 15) is 0 Å². The van der Waals surface area contributed by atoms with Gasteiger partial charge >= 0.3 is 0 Å². The molecule has 0 fully saturated rings. The third kappa shape index (κ3) is 10.1. The molecule has 3 aromatic heterocycles. The topological polar surface area (TPSA) is 0 Å². The molecule has 0 unspecified atom stereocenters. The number of hydrogen-bond acceptors (Lipinski definition) is 3. The maximum atomic E-state index is 2.16. The summed E-state index contributed by atoms with van der Waals surface area (Å²) in [5.41, 5.74) is 5.63. The van der Waals surface area contributed by atoms with Gasteiger partial charge in [-0.15, -0.1) is 22.7 Å². The molecule has 0 bridgehead atoms. The molecule has 3 rings (SSSR count). The van der Waals surface area contributed by atoms with Crippen LogP contribution in [-0.2, 0) is 0 Å². The Morgan fingerprint density at radius 1 is 0.542 bits per heavy atom. The maximum absolute atomic E-state index is 2.16. The predicted octanol–water partition coefficient (Wildman–Crippen LogP) is 9.00. The summed E-state index contributed by atoms with van der Waals surface area (Å²) < 4.78 is 0. The third-order valence-corrected chi connectivity index (χ3v) is 6.22. The summed E-state index contributed by atoms with van der Waals surface area (Å²) in [6, 6.07) is 4.28. The van der Waals surface area contributed by atoms with Crippen molar-refractivity contribution in [3.05, 3.63) is 65.7 Å². The van der Waals surface area contributed by atoms with E-state index in [4.69, 9.17) is 0 Å². The lowest BCUT2D eigenvalue weighted by atomic mass is 10.2. The van der Waals surface area contributed by atoms with Crippen LogP contribution in [0.4, 0.5) is 0 Å². The van der Waals surface area contributed by atoms with Gasteiger partial charge in [0.05, 0.1) is 0 Å². The number of hydrogen-bond donors (Lipinski definition) is 0. The number of rotatable bonds is 0. The summed E-state index contributed by atoms with van der Waals surface area (Å²) in [6.07, 6.45) is 0. The van der Waals surface area contributed by atoms with Crippen LogP contribution in [0.15, 0.2) is 33.7 Å². The second-order valence-electron chi connectivity index (χ2n) is 5.06. The highest BCUT2D eigenvalue weighted by Crippen LogP contribution is 2.13. The van der Waals surface area contributed by atoms with Gasteiger partial charge in [-0.3, -0.25) is 0 Å². The van der Waals surface area contributed by atoms with Crippen molar-refractivity contribution in [2.45, 2.75) is 63.8 Å². The minimum Gasteiger partial charge on any atom is -0.152 e. The Morgan fingerprint density at radius 3 is 0.958 bits per heavy atom. The third-order valence-electron chi connectivity index (χ3n) is 3.35. The van der Waals surface area contributed by atoms with E-state index >= 15 is 0 Å². The van der Waals surface area contributed by atoms with Crippen LogP contribution in [0.2, 0.25) is 0 Å². The van der Waals surface area contributed by atoms with Crippen molar-refractivity contribution < 1.29 is 0 Å². The summed E-state index contributed by atoms with van der Waals surface area (Å²) in [5, 5.41) is 8.56. The Balaban J connectivity index is -0.000000259. The monoisotopic (exact) mass is 384 g/mol. The highest BCUT2D eigenvalue weighted by molar-refractivity contribution is 7.10. The van der Waals surface area contributed by atoms with Crippen molar-refractivity contribution in [1.29, 1.82) is 0 Å². The van der Waals surface area contributed by atoms with E-state index in [-0.39, 0.29) is 22.3 Å². The van der Waals surface area contributed by atoms with Crippen molar-refractivity contribution in [2.24, 2.45) is 0 Å². The van der Waals surface area contributed by atoms with Crippen molar-refractivity contribution in [2.75, 3.05) is 0 Å². The minimum absolute atomic E-state index is 0. The molecule has 0 atom stereocenters. The second-order valence-corrected chi connectivity index (χ2v) is 8.04. The van der Waals surface area contributed by atoms with Gasteiger partial charge in [-0.05, 0) is 97.4 Å². The summed E-state index contributed by atoms with van der Waals surface area (Å²) >= 11 is 5.37. The Hall–Kier alpha value is -0.900. The predicted molar refractivity (Wildman–Crippen MR) is 122 cm³/mol. The molecule has 0 saturated heterocycles. The Kier molecular flexibility index (Phi) is 16.8. The lowest BCUT2D eigenvalue weighted by molar-refractivity contribution is 1.41. The molecule has 3 aromatic rings. The van der Waals surface area contributed by atoms with Gasteiger partial charge in [-0.2, -0.15) is 11.3 Å². The molecule has 3 heteroatoms. The van der Waals surface area contributed by atoms with Crippen LogP contribution in [0.3, 0.4) is 0 Å². The molecule has 138 valence electrons. The zero-order valence-corrected chi connectivity index (χ0v) is 16.1. The summed E-state index contributed by atoms with van der Waals surface area (Å²) in [4.78, 5) is 2.86. The zero-order valence-electron chi connectivity index (χ0n) is 13.7.